The Bertz CT molecular complexity index is 344. The van der Waals surface area contributed by atoms with Gasteiger partial charge in [-0.1, -0.05) is 124 Å². The van der Waals surface area contributed by atoms with Crippen molar-refractivity contribution in [1.82, 2.24) is 0 Å². The Morgan fingerprint density at radius 3 is 1.25 bits per heavy atom. The van der Waals surface area contributed by atoms with Crippen molar-refractivity contribution in [3.63, 3.8) is 0 Å². The Hall–Kier alpha value is -0.530. The van der Waals surface area contributed by atoms with Crippen molar-refractivity contribution in [3.8, 4) is 0 Å². The molecule has 0 aromatic carbocycles. The third kappa shape index (κ3) is 11.5. The molecule has 0 aliphatic heterocycles. The largest absolute Gasteiger partial charge is 0.361 e. The third-order valence-corrected chi connectivity index (χ3v) is 6.64. The number of hydrogen-bond acceptors (Lipinski definition) is 1. The van der Waals surface area contributed by atoms with Gasteiger partial charge in [0.1, 0.15) is 0 Å². The Kier molecular flexibility index (Phi) is 18.1. The van der Waals surface area contributed by atoms with Crippen molar-refractivity contribution in [2.75, 3.05) is 0 Å². The zero-order chi connectivity index (χ0) is 21.1. The zero-order valence-corrected chi connectivity index (χ0v) is 19.8. The summed E-state index contributed by atoms with van der Waals surface area (Å²) >= 11 is 0. The zero-order valence-electron chi connectivity index (χ0n) is 19.8. The number of rotatable bonds is 21. The van der Waals surface area contributed by atoms with Gasteiger partial charge in [0, 0.05) is 0 Å². The standard InChI is InChI=1S/C26H51O2/c1-5-9-11-13-15-17-19-21-24(20-18-16-14-12-10-6-2)26(22-7-3,23-8-4)25(27)28/h24H,5-23H2,1-4H3. The van der Waals surface area contributed by atoms with E-state index in [1.807, 2.05) is 0 Å². The van der Waals surface area contributed by atoms with E-state index in [1.54, 1.807) is 0 Å². The van der Waals surface area contributed by atoms with Crippen LogP contribution in [0.2, 0.25) is 0 Å². The Morgan fingerprint density at radius 2 is 0.929 bits per heavy atom. The first-order chi connectivity index (χ1) is 13.6. The van der Waals surface area contributed by atoms with Crippen LogP contribution in [0.25, 0.3) is 0 Å². The van der Waals surface area contributed by atoms with Gasteiger partial charge in [-0.2, -0.15) is 0 Å². The smallest absolute Gasteiger partial charge is 0.247 e. The van der Waals surface area contributed by atoms with Gasteiger partial charge in [0.15, 0.2) is 0 Å². The van der Waals surface area contributed by atoms with Crippen molar-refractivity contribution in [1.29, 1.82) is 0 Å². The second kappa shape index (κ2) is 18.5. The van der Waals surface area contributed by atoms with Crippen molar-refractivity contribution in [2.45, 2.75) is 150 Å². The molecule has 0 aromatic heterocycles. The number of carbonyl (C=O) groups is 1. The quantitative estimate of drug-likeness (QED) is 0.179. The molecule has 1 unspecified atom stereocenters. The van der Waals surface area contributed by atoms with Gasteiger partial charge in [0.25, 0.3) is 0 Å². The molecule has 2 nitrogen and oxygen atoms in total. The van der Waals surface area contributed by atoms with E-state index in [0.29, 0.717) is 5.92 Å². The summed E-state index contributed by atoms with van der Waals surface area (Å²) in [5, 5.41) is 12.3. The molecule has 0 fully saturated rings. The van der Waals surface area contributed by atoms with E-state index in [2.05, 4.69) is 27.7 Å². The first-order valence-electron chi connectivity index (χ1n) is 12.8. The highest BCUT2D eigenvalue weighted by molar-refractivity contribution is 5.74. The number of hydrogen-bond donors (Lipinski definition) is 0. The van der Waals surface area contributed by atoms with Crippen molar-refractivity contribution in [3.05, 3.63) is 0 Å². The molecule has 0 spiro atoms. The fourth-order valence-corrected chi connectivity index (χ4v) is 5.01. The lowest BCUT2D eigenvalue weighted by molar-refractivity contribution is -0.161. The lowest BCUT2D eigenvalue weighted by Gasteiger charge is -2.37. The fourth-order valence-electron chi connectivity index (χ4n) is 5.01. The van der Waals surface area contributed by atoms with Crippen LogP contribution in [0.5, 0.6) is 0 Å². The summed E-state index contributed by atoms with van der Waals surface area (Å²) in [5.74, 6) is -0.464. The molecule has 2 heteroatoms. The molecule has 1 radical (unpaired) electrons. The van der Waals surface area contributed by atoms with Gasteiger partial charge in [-0.25, -0.2) is 9.90 Å². The first kappa shape index (κ1) is 27.5. The highest BCUT2D eigenvalue weighted by Gasteiger charge is 2.44. The Morgan fingerprint density at radius 1 is 0.571 bits per heavy atom. The van der Waals surface area contributed by atoms with Crippen LogP contribution in [0.15, 0.2) is 0 Å². The first-order valence-corrected chi connectivity index (χ1v) is 12.8. The summed E-state index contributed by atoms with van der Waals surface area (Å²) in [6.45, 7) is 8.77. The molecule has 0 aromatic rings. The van der Waals surface area contributed by atoms with Gasteiger partial charge < -0.3 is 0 Å². The van der Waals surface area contributed by atoms with Crippen LogP contribution in [-0.2, 0) is 9.90 Å². The van der Waals surface area contributed by atoms with E-state index >= 15 is 0 Å². The average molecular weight is 396 g/mol. The molecule has 0 bridgehead atoms. The van der Waals surface area contributed by atoms with Gasteiger partial charge in [0.2, 0.25) is 0 Å². The van der Waals surface area contributed by atoms with Crippen molar-refractivity contribution >= 4 is 5.97 Å². The molecule has 0 saturated carbocycles. The van der Waals surface area contributed by atoms with Crippen LogP contribution in [0, 0.1) is 11.3 Å². The van der Waals surface area contributed by atoms with Crippen molar-refractivity contribution < 1.29 is 9.90 Å². The van der Waals surface area contributed by atoms with E-state index < -0.39 is 11.4 Å². The normalized spacial score (nSPS) is 13.0. The van der Waals surface area contributed by atoms with Crippen molar-refractivity contribution in [2.24, 2.45) is 11.3 Å². The molecule has 1 atom stereocenters. The van der Waals surface area contributed by atoms with Crippen LogP contribution in [0.4, 0.5) is 0 Å². The molecule has 0 aliphatic rings. The predicted molar refractivity (Wildman–Crippen MR) is 122 cm³/mol. The summed E-state index contributed by atoms with van der Waals surface area (Å²) in [7, 11) is 0. The summed E-state index contributed by atoms with van der Waals surface area (Å²) in [5.41, 5.74) is -0.588. The second-order valence-corrected chi connectivity index (χ2v) is 9.11. The lowest BCUT2D eigenvalue weighted by atomic mass is 9.65. The molecule has 0 N–H and O–H groups in total. The molecule has 28 heavy (non-hydrogen) atoms. The minimum atomic E-state index is -0.768. The van der Waals surface area contributed by atoms with Gasteiger partial charge in [-0.05, 0) is 31.6 Å². The van der Waals surface area contributed by atoms with Crippen LogP contribution < -0.4 is 0 Å². The summed E-state index contributed by atoms with van der Waals surface area (Å²) in [4.78, 5) is 12.3. The molecule has 0 rings (SSSR count). The summed E-state index contributed by atoms with van der Waals surface area (Å²) in [6.07, 6.45) is 22.4. The maximum absolute atomic E-state index is 12.3. The SMILES string of the molecule is CCCCCCCCCC(CCCCCCCC)C(CCC)(CCC)C([O])=O. The maximum Gasteiger partial charge on any atom is 0.361 e. The van der Waals surface area contributed by atoms with Gasteiger partial charge >= 0.3 is 5.97 Å². The highest BCUT2D eigenvalue weighted by atomic mass is 16.4. The molecule has 0 aliphatic carbocycles. The minimum absolute atomic E-state index is 0.305. The second-order valence-electron chi connectivity index (χ2n) is 9.11. The molecule has 0 amide bonds. The van der Waals surface area contributed by atoms with E-state index in [1.165, 1.54) is 83.5 Å². The predicted octanol–water partition coefficient (Wildman–Crippen LogP) is 9.04. The van der Waals surface area contributed by atoms with E-state index in [-0.39, 0.29) is 0 Å². The third-order valence-electron chi connectivity index (χ3n) is 6.64. The van der Waals surface area contributed by atoms with Crippen LogP contribution >= 0.6 is 0 Å². The van der Waals surface area contributed by atoms with Gasteiger partial charge in [-0.15, -0.1) is 0 Å². The fraction of sp³-hybridized carbons (Fsp3) is 0.962. The molecular weight excluding hydrogens is 344 g/mol. The van der Waals surface area contributed by atoms with Crippen LogP contribution in [0.1, 0.15) is 150 Å². The Labute approximate surface area is 177 Å². The van der Waals surface area contributed by atoms with Crippen LogP contribution in [-0.4, -0.2) is 5.97 Å². The minimum Gasteiger partial charge on any atom is -0.247 e. The topological polar surface area (TPSA) is 37.0 Å². The molecular formula is C26H51O2. The lowest BCUT2D eigenvalue weighted by Crippen LogP contribution is -2.38. The van der Waals surface area contributed by atoms with Crippen LogP contribution in [0.3, 0.4) is 0 Å². The average Bonchev–Trinajstić information content (AvgIpc) is 2.67. The summed E-state index contributed by atoms with van der Waals surface area (Å²) in [6, 6.07) is 0. The van der Waals surface area contributed by atoms with Gasteiger partial charge in [0.05, 0.1) is 5.41 Å². The molecule has 0 saturated heterocycles. The van der Waals surface area contributed by atoms with Gasteiger partial charge in [-0.3, -0.25) is 0 Å². The monoisotopic (exact) mass is 395 g/mol. The molecule has 0 heterocycles. The highest BCUT2D eigenvalue weighted by Crippen LogP contribution is 2.44. The number of carbonyl (C=O) groups excluding carboxylic acids is 1. The van der Waals surface area contributed by atoms with E-state index in [4.69, 9.17) is 0 Å². The molecule has 167 valence electrons. The van der Waals surface area contributed by atoms with E-state index in [0.717, 1.165) is 38.5 Å². The maximum atomic E-state index is 12.3. The Balaban J connectivity index is 4.75. The number of unbranched alkanes of at least 4 members (excludes halogenated alkanes) is 11. The summed E-state index contributed by atoms with van der Waals surface area (Å²) < 4.78 is 0. The van der Waals surface area contributed by atoms with E-state index in [9.17, 15) is 9.90 Å².